The van der Waals surface area contributed by atoms with Gasteiger partial charge in [-0.2, -0.15) is 5.26 Å². The van der Waals surface area contributed by atoms with Gasteiger partial charge in [0.25, 0.3) is 0 Å². The van der Waals surface area contributed by atoms with Gasteiger partial charge >= 0.3 is 0 Å². The van der Waals surface area contributed by atoms with Crippen molar-refractivity contribution in [1.29, 1.82) is 5.26 Å². The van der Waals surface area contributed by atoms with Crippen LogP contribution < -0.4 is 16.2 Å². The number of nitrogens with two attached hydrogens (primary N) is 1. The molecule has 1 aromatic heterocycles. The molecule has 0 unspecified atom stereocenters. The minimum Gasteiger partial charge on any atom is -0.329 e. The molecule has 1 fully saturated rings. The van der Waals surface area contributed by atoms with Crippen LogP contribution in [0.25, 0.3) is 0 Å². The lowest BCUT2D eigenvalue weighted by Crippen LogP contribution is -2.16. The van der Waals surface area contributed by atoms with Gasteiger partial charge in [0.1, 0.15) is 17.5 Å². The van der Waals surface area contributed by atoms with Gasteiger partial charge in [0.05, 0.1) is 11.6 Å². The fourth-order valence-electron chi connectivity index (χ4n) is 2.14. The van der Waals surface area contributed by atoms with Crippen LogP contribution in [-0.4, -0.2) is 17.0 Å². The molecule has 0 aliphatic heterocycles. The topological polar surface area (TPSA) is 90.9 Å². The third kappa shape index (κ3) is 2.78. The molecule has 3 N–H and O–H groups in total. The van der Waals surface area contributed by atoms with E-state index in [-0.39, 0.29) is 0 Å². The number of nitrogens with one attached hydrogen (secondary N) is 1. The highest BCUT2D eigenvalue weighted by molar-refractivity contribution is 5.63. The van der Waals surface area contributed by atoms with Gasteiger partial charge < -0.3 is 10.3 Å². The Bertz CT molecular complexity index is 702. The standard InChI is InChI=1S/C15H16N6/c1-21(12-4-2-3-10(7-12)9-16)14-8-13(20-17)18-15(19-14)11-5-6-11/h2-4,7-8,11H,5-6,17H2,1H3,(H,18,19,20). The zero-order chi connectivity index (χ0) is 14.8. The Morgan fingerprint density at radius 3 is 2.81 bits per heavy atom. The number of rotatable bonds is 4. The van der Waals surface area contributed by atoms with E-state index in [0.29, 0.717) is 17.3 Å². The van der Waals surface area contributed by atoms with Gasteiger partial charge in [-0.05, 0) is 31.0 Å². The minimum absolute atomic E-state index is 0.441. The number of hydrazine groups is 1. The molecule has 106 valence electrons. The summed E-state index contributed by atoms with van der Waals surface area (Å²) in [7, 11) is 1.91. The summed E-state index contributed by atoms with van der Waals surface area (Å²) in [4.78, 5) is 10.9. The second kappa shape index (κ2) is 5.38. The lowest BCUT2D eigenvalue weighted by molar-refractivity contribution is 0.913. The van der Waals surface area contributed by atoms with Crippen LogP contribution in [0.5, 0.6) is 0 Å². The molecule has 1 heterocycles. The van der Waals surface area contributed by atoms with Crippen LogP contribution >= 0.6 is 0 Å². The molecule has 0 spiro atoms. The predicted molar refractivity (Wildman–Crippen MR) is 81.0 cm³/mol. The number of anilines is 3. The van der Waals surface area contributed by atoms with Crippen LogP contribution in [0, 0.1) is 11.3 Å². The summed E-state index contributed by atoms with van der Waals surface area (Å²) >= 11 is 0. The Hall–Kier alpha value is -2.65. The average molecular weight is 280 g/mol. The van der Waals surface area contributed by atoms with Crippen molar-refractivity contribution >= 4 is 17.3 Å². The monoisotopic (exact) mass is 280 g/mol. The maximum Gasteiger partial charge on any atom is 0.145 e. The van der Waals surface area contributed by atoms with Gasteiger partial charge in [-0.1, -0.05) is 6.07 Å². The van der Waals surface area contributed by atoms with Gasteiger partial charge in [0.15, 0.2) is 0 Å². The van der Waals surface area contributed by atoms with E-state index in [1.165, 1.54) is 0 Å². The van der Waals surface area contributed by atoms with Crippen LogP contribution in [-0.2, 0) is 0 Å². The highest BCUT2D eigenvalue weighted by atomic mass is 15.3. The smallest absolute Gasteiger partial charge is 0.145 e. The van der Waals surface area contributed by atoms with E-state index in [4.69, 9.17) is 11.1 Å². The van der Waals surface area contributed by atoms with E-state index < -0.39 is 0 Å². The average Bonchev–Trinajstić information content (AvgIpc) is 3.38. The third-order valence-corrected chi connectivity index (χ3v) is 3.53. The lowest BCUT2D eigenvalue weighted by atomic mass is 10.2. The van der Waals surface area contributed by atoms with E-state index in [9.17, 15) is 0 Å². The summed E-state index contributed by atoms with van der Waals surface area (Å²) in [5.74, 6) is 8.12. The maximum absolute atomic E-state index is 9.00. The Labute approximate surface area is 123 Å². The predicted octanol–water partition coefficient (Wildman–Crippen LogP) is 2.28. The summed E-state index contributed by atoms with van der Waals surface area (Å²) < 4.78 is 0. The fraction of sp³-hybridized carbons (Fsp3) is 0.267. The number of nitrogen functional groups attached to an aromatic ring is 1. The molecule has 6 nitrogen and oxygen atoms in total. The van der Waals surface area contributed by atoms with E-state index in [2.05, 4.69) is 21.5 Å². The Morgan fingerprint density at radius 1 is 1.33 bits per heavy atom. The first-order valence-electron chi connectivity index (χ1n) is 6.81. The lowest BCUT2D eigenvalue weighted by Gasteiger charge is -2.19. The first-order valence-corrected chi connectivity index (χ1v) is 6.81. The molecule has 0 radical (unpaired) electrons. The Balaban J connectivity index is 1.98. The van der Waals surface area contributed by atoms with Gasteiger partial charge in [0, 0.05) is 24.7 Å². The normalized spacial score (nSPS) is 13.6. The summed E-state index contributed by atoms with van der Waals surface area (Å²) in [6.07, 6.45) is 2.25. The van der Waals surface area contributed by atoms with E-state index >= 15 is 0 Å². The van der Waals surface area contributed by atoms with Crippen molar-refractivity contribution in [2.45, 2.75) is 18.8 Å². The molecule has 0 atom stereocenters. The summed E-state index contributed by atoms with van der Waals surface area (Å²) in [5.41, 5.74) is 4.11. The summed E-state index contributed by atoms with van der Waals surface area (Å²) in [6.45, 7) is 0. The number of hydrogen-bond donors (Lipinski definition) is 2. The maximum atomic E-state index is 9.00. The molecule has 6 heteroatoms. The van der Waals surface area contributed by atoms with Crippen molar-refractivity contribution in [2.75, 3.05) is 17.4 Å². The molecular weight excluding hydrogens is 264 g/mol. The van der Waals surface area contributed by atoms with Crippen molar-refractivity contribution < 1.29 is 0 Å². The first kappa shape index (κ1) is 13.3. The number of aromatic nitrogens is 2. The van der Waals surface area contributed by atoms with Gasteiger partial charge in [0.2, 0.25) is 0 Å². The molecule has 0 amide bonds. The van der Waals surface area contributed by atoms with E-state index in [1.807, 2.05) is 30.1 Å². The molecule has 1 aliphatic rings. The molecule has 1 aromatic carbocycles. The SMILES string of the molecule is CN(c1cccc(C#N)c1)c1cc(NN)nc(C2CC2)n1. The molecule has 21 heavy (non-hydrogen) atoms. The zero-order valence-electron chi connectivity index (χ0n) is 11.7. The number of nitrogens with zero attached hydrogens (tertiary/aromatic N) is 4. The quantitative estimate of drug-likeness (QED) is 0.659. The first-order chi connectivity index (χ1) is 10.2. The second-order valence-electron chi connectivity index (χ2n) is 5.11. The minimum atomic E-state index is 0.441. The van der Waals surface area contributed by atoms with Gasteiger partial charge in [-0.3, -0.25) is 0 Å². The highest BCUT2D eigenvalue weighted by Gasteiger charge is 2.27. The molecular formula is C15H16N6. The number of benzene rings is 1. The van der Waals surface area contributed by atoms with Crippen molar-refractivity contribution in [3.8, 4) is 6.07 Å². The van der Waals surface area contributed by atoms with Gasteiger partial charge in [-0.25, -0.2) is 15.8 Å². The number of nitriles is 1. The van der Waals surface area contributed by atoms with E-state index in [0.717, 1.165) is 30.2 Å². The molecule has 0 bridgehead atoms. The molecule has 2 aromatic rings. The largest absolute Gasteiger partial charge is 0.329 e. The summed E-state index contributed by atoms with van der Waals surface area (Å²) in [6, 6.07) is 11.3. The van der Waals surface area contributed by atoms with Crippen molar-refractivity contribution in [3.63, 3.8) is 0 Å². The van der Waals surface area contributed by atoms with Crippen LogP contribution in [0.3, 0.4) is 0 Å². The van der Waals surface area contributed by atoms with Crippen molar-refractivity contribution in [2.24, 2.45) is 5.84 Å². The van der Waals surface area contributed by atoms with Crippen molar-refractivity contribution in [3.05, 3.63) is 41.7 Å². The molecule has 0 saturated heterocycles. The zero-order valence-corrected chi connectivity index (χ0v) is 11.7. The highest BCUT2D eigenvalue weighted by Crippen LogP contribution is 2.39. The van der Waals surface area contributed by atoms with Gasteiger partial charge in [-0.15, -0.1) is 0 Å². The van der Waals surface area contributed by atoms with Crippen LogP contribution in [0.1, 0.15) is 30.1 Å². The second-order valence-corrected chi connectivity index (χ2v) is 5.11. The third-order valence-electron chi connectivity index (χ3n) is 3.53. The molecule has 1 aliphatic carbocycles. The number of hydrogen-bond acceptors (Lipinski definition) is 6. The summed E-state index contributed by atoms with van der Waals surface area (Å²) in [5, 5.41) is 9.00. The Morgan fingerprint density at radius 2 is 2.14 bits per heavy atom. The Kier molecular flexibility index (Phi) is 3.42. The fourth-order valence-corrected chi connectivity index (χ4v) is 2.14. The van der Waals surface area contributed by atoms with Crippen molar-refractivity contribution in [1.82, 2.24) is 9.97 Å². The molecule has 1 saturated carbocycles. The van der Waals surface area contributed by atoms with Crippen LogP contribution in [0.2, 0.25) is 0 Å². The molecule has 3 rings (SSSR count). The van der Waals surface area contributed by atoms with Crippen LogP contribution in [0.15, 0.2) is 30.3 Å². The van der Waals surface area contributed by atoms with E-state index in [1.54, 1.807) is 12.1 Å². The van der Waals surface area contributed by atoms with Crippen LogP contribution in [0.4, 0.5) is 17.3 Å².